The zero-order chi connectivity index (χ0) is 30.9. The number of methoxy groups -OCH3 is 1. The molecule has 2 fully saturated rings. The van der Waals surface area contributed by atoms with Crippen molar-refractivity contribution in [3.8, 4) is 0 Å². The average molecular weight is 686 g/mol. The Balaban J connectivity index is 0.00000337. The number of aryl methyl sites for hydroxylation is 1. The Bertz CT molecular complexity index is 1360. The fourth-order valence-electron chi connectivity index (χ4n) is 4.58. The van der Waals surface area contributed by atoms with Gasteiger partial charge in [0.1, 0.15) is 11.4 Å². The van der Waals surface area contributed by atoms with E-state index in [0.717, 1.165) is 35.5 Å². The Labute approximate surface area is 286 Å². The molecule has 244 valence electrons. The molecule has 3 aliphatic rings. The van der Waals surface area contributed by atoms with Crippen molar-refractivity contribution < 1.29 is 84.2 Å². The third-order valence-electron chi connectivity index (χ3n) is 6.87. The van der Waals surface area contributed by atoms with Crippen LogP contribution in [0, 0.1) is 0 Å². The van der Waals surface area contributed by atoms with Crippen molar-refractivity contribution in [1.82, 2.24) is 45.5 Å². The number of urea groups is 1. The fraction of sp³-hybridized carbons (Fsp3) is 0.591. The maximum absolute atomic E-state index is 13.4. The normalized spacial score (nSPS) is 22.2. The van der Waals surface area contributed by atoms with Crippen LogP contribution in [0.5, 0.6) is 0 Å². The van der Waals surface area contributed by atoms with Crippen molar-refractivity contribution in [1.29, 1.82) is 0 Å². The molecule has 0 saturated carbocycles. The minimum absolute atomic E-state index is 0. The first kappa shape index (κ1) is 40.2. The van der Waals surface area contributed by atoms with Crippen molar-refractivity contribution in [2.45, 2.75) is 42.2 Å². The first-order valence-corrected chi connectivity index (χ1v) is 14.6. The molecule has 45 heavy (non-hydrogen) atoms. The molecule has 1 aromatic rings. The third-order valence-corrected chi connectivity index (χ3v) is 9.34. The molecule has 6 amide bonds. The van der Waals surface area contributed by atoms with Crippen molar-refractivity contribution in [2.24, 2.45) is 7.05 Å². The summed E-state index contributed by atoms with van der Waals surface area (Å²) in [5.41, 5.74) is -2.04. The second-order valence-corrected chi connectivity index (χ2v) is 11.4. The minimum Gasteiger partial charge on any atom is -0.543 e. The number of amides is 6. The molecule has 23 heteroatoms. The number of ether oxygens (including phenoxy) is 1. The summed E-state index contributed by atoms with van der Waals surface area (Å²) < 4.78 is 6.81. The van der Waals surface area contributed by atoms with Crippen LogP contribution < -0.4 is 45.3 Å². The molecule has 3 aliphatic heterocycles. The van der Waals surface area contributed by atoms with Crippen LogP contribution in [0.1, 0.15) is 13.8 Å². The van der Waals surface area contributed by atoms with E-state index in [1.165, 1.54) is 16.5 Å². The summed E-state index contributed by atoms with van der Waals surface area (Å²) in [6, 6.07) is -2.76. The van der Waals surface area contributed by atoms with Gasteiger partial charge in [0.15, 0.2) is 0 Å². The molecule has 0 unspecified atom stereocenters. The second-order valence-electron chi connectivity index (χ2n) is 9.39. The molecule has 0 aromatic carbocycles. The summed E-state index contributed by atoms with van der Waals surface area (Å²) in [6.07, 6.45) is -1.51. The van der Waals surface area contributed by atoms with E-state index >= 15 is 0 Å². The van der Waals surface area contributed by atoms with Gasteiger partial charge in [-0.15, -0.1) is 16.9 Å². The number of β-lactam (4-membered cyclic amide) rings is 1. The molecular weight excluding hydrogens is 653 g/mol. The van der Waals surface area contributed by atoms with E-state index in [-0.39, 0.29) is 77.3 Å². The summed E-state index contributed by atoms with van der Waals surface area (Å²) in [5, 5.41) is 37.5. The summed E-state index contributed by atoms with van der Waals surface area (Å²) >= 11 is 2.28. The van der Waals surface area contributed by atoms with E-state index in [1.54, 1.807) is 14.0 Å². The second kappa shape index (κ2) is 16.1. The van der Waals surface area contributed by atoms with Crippen molar-refractivity contribution >= 4 is 59.2 Å². The number of imide groups is 1. The zero-order valence-electron chi connectivity index (χ0n) is 24.9. The van der Waals surface area contributed by atoms with Crippen LogP contribution in [-0.4, -0.2) is 148 Å². The summed E-state index contributed by atoms with van der Waals surface area (Å²) in [7, 11) is 2.75. The molecule has 7 N–H and O–H groups in total. The topological polar surface area (TPSA) is 295 Å². The van der Waals surface area contributed by atoms with Gasteiger partial charge >= 0.3 is 47.4 Å². The van der Waals surface area contributed by atoms with Crippen LogP contribution in [0.4, 0.5) is 4.79 Å². The maximum Gasteiger partial charge on any atom is 1.00 e. The quantitative estimate of drug-likeness (QED) is 0.0678. The predicted molar refractivity (Wildman–Crippen MR) is 148 cm³/mol. The van der Waals surface area contributed by atoms with E-state index in [2.05, 4.69) is 26.2 Å². The monoisotopic (exact) mass is 685 g/mol. The van der Waals surface area contributed by atoms with E-state index in [0.29, 0.717) is 15.6 Å². The molecule has 0 spiro atoms. The summed E-state index contributed by atoms with van der Waals surface area (Å²) in [4.78, 5) is 79.0. The fourth-order valence-corrected chi connectivity index (χ4v) is 7.01. The van der Waals surface area contributed by atoms with Gasteiger partial charge < -0.3 is 46.2 Å². The number of aliphatic hydroxyl groups is 1. The predicted octanol–water partition coefficient (Wildman–Crippen LogP) is -8.82. The number of carbonyl (C=O) groups is 6. The summed E-state index contributed by atoms with van der Waals surface area (Å²) in [6.45, 7) is 3.12. The van der Waals surface area contributed by atoms with Gasteiger partial charge in [0.2, 0.25) is 11.1 Å². The van der Waals surface area contributed by atoms with Gasteiger partial charge in [-0.05, 0) is 29.8 Å². The van der Waals surface area contributed by atoms with Gasteiger partial charge in [-0.1, -0.05) is 11.8 Å². The number of likely N-dealkylation sites (N-methyl/N-ethyl adjacent to an activating group) is 1. The zero-order valence-corrected chi connectivity index (χ0v) is 28.6. The number of carbonyl (C=O) groups excluding carboxylic acids is 6. The molecule has 2 saturated heterocycles. The molecule has 0 radical (unpaired) electrons. The number of tetrazole rings is 1. The van der Waals surface area contributed by atoms with E-state index < -0.39 is 58.9 Å². The first-order valence-electron chi connectivity index (χ1n) is 12.6. The number of carboxylic acid groups (broad SMARTS) is 1. The number of hydrogen-bond donors (Lipinski definition) is 3. The van der Waals surface area contributed by atoms with E-state index in [1.807, 2.05) is 0 Å². The van der Waals surface area contributed by atoms with Crippen LogP contribution in [0.15, 0.2) is 16.4 Å². The number of fused-ring (bicyclic) bond motifs is 1. The molecule has 1 aromatic heterocycles. The standard InChI is InChI=1S/C22H29N9O9S2.Na.2H2O/c1-5-29-6-7-30(16(35)15(29)34)20(39)23-12(10(2)32)14(33)24-22(40-4)18(38)31-13(17(36)37)11(8-41-19(22)31)9-42-21-25-26-27-28(21)3;;;/h10,12,19,32H,5-9H2,1-4H3,(H,23,39)(H,24,33)(H,36,37);;2*1H2/q;+1;;/p-1/t10-,12+,19-,22-;;;/m0.../s1. The van der Waals surface area contributed by atoms with Crippen LogP contribution >= 0.6 is 23.5 Å². The van der Waals surface area contributed by atoms with Gasteiger partial charge in [0, 0.05) is 45.3 Å². The SMILES string of the molecule is CCN1CCN(C(=O)N[C@@H](C(=O)N[C@]2(OC)C(=O)N3C(C(=O)[O-])=C(CSc4nnnn4C)CS[C@H]32)[C@H](C)O)C(=O)C1=O.O.O.[Na+]. The van der Waals surface area contributed by atoms with Crippen molar-refractivity contribution in [3.05, 3.63) is 11.3 Å². The number of aromatic nitrogens is 4. The van der Waals surface area contributed by atoms with Gasteiger partial charge in [0.05, 0.1) is 17.8 Å². The van der Waals surface area contributed by atoms with Crippen LogP contribution in [0.2, 0.25) is 0 Å². The number of piperazine rings is 1. The van der Waals surface area contributed by atoms with Crippen LogP contribution in [-0.2, 0) is 35.8 Å². The first-order chi connectivity index (χ1) is 19.9. The number of thioether (sulfide) groups is 2. The molecule has 20 nitrogen and oxygen atoms in total. The van der Waals surface area contributed by atoms with Crippen LogP contribution in [0.3, 0.4) is 0 Å². The number of carboxylic acids is 1. The number of nitrogens with one attached hydrogen (secondary N) is 2. The van der Waals surface area contributed by atoms with Crippen LogP contribution in [0.25, 0.3) is 0 Å². The van der Waals surface area contributed by atoms with Gasteiger partial charge in [0.25, 0.3) is 11.6 Å². The molecule has 4 rings (SSSR count). The van der Waals surface area contributed by atoms with E-state index in [9.17, 15) is 39.0 Å². The Morgan fingerprint density at radius 1 is 1.22 bits per heavy atom. The molecule has 0 bridgehead atoms. The molecule has 4 atom stereocenters. The van der Waals surface area contributed by atoms with Crippen molar-refractivity contribution in [3.63, 3.8) is 0 Å². The number of aliphatic carboxylic acids is 1. The maximum atomic E-state index is 13.4. The Morgan fingerprint density at radius 2 is 1.89 bits per heavy atom. The Kier molecular flexibility index (Phi) is 14.4. The molecular formula is C22H32N9NaO11S2. The number of hydrogen-bond acceptors (Lipinski definition) is 14. The molecule has 0 aliphatic carbocycles. The third kappa shape index (κ3) is 7.44. The molecule has 4 heterocycles. The number of rotatable bonds is 10. The number of aliphatic hydroxyl groups excluding tert-OH is 1. The van der Waals surface area contributed by atoms with Gasteiger partial charge in [-0.3, -0.25) is 29.0 Å². The van der Waals surface area contributed by atoms with Crippen molar-refractivity contribution in [2.75, 3.05) is 38.2 Å². The minimum atomic E-state index is -2.04. The Morgan fingerprint density at radius 3 is 2.42 bits per heavy atom. The Hall–Kier alpha value is -2.83. The van der Waals surface area contributed by atoms with Gasteiger partial charge in [-0.25, -0.2) is 9.48 Å². The van der Waals surface area contributed by atoms with E-state index in [4.69, 9.17) is 4.74 Å². The van der Waals surface area contributed by atoms with Gasteiger partial charge in [-0.2, -0.15) is 0 Å². The largest absolute Gasteiger partial charge is 1.00 e. The smallest absolute Gasteiger partial charge is 0.543 e. The summed E-state index contributed by atoms with van der Waals surface area (Å²) in [5.74, 6) is -5.27. The average Bonchev–Trinajstić information content (AvgIpc) is 3.37. The number of nitrogens with zero attached hydrogens (tertiary/aromatic N) is 7.